The summed E-state index contributed by atoms with van der Waals surface area (Å²) in [5, 5.41) is 11.0. The first-order valence-electron chi connectivity index (χ1n) is 11.6. The zero-order chi connectivity index (χ0) is 22.8. The van der Waals surface area contributed by atoms with Gasteiger partial charge in [0.15, 0.2) is 0 Å². The minimum Gasteiger partial charge on any atom is -0.356 e. The summed E-state index contributed by atoms with van der Waals surface area (Å²) in [6, 6.07) is 9.37. The average Bonchev–Trinajstić information content (AvgIpc) is 3.21. The summed E-state index contributed by atoms with van der Waals surface area (Å²) in [6.45, 7) is 5.10. The molecule has 0 saturated carbocycles. The molecule has 2 N–H and O–H groups in total. The van der Waals surface area contributed by atoms with E-state index in [4.69, 9.17) is 11.6 Å². The van der Waals surface area contributed by atoms with Crippen LogP contribution < -0.4 is 10.6 Å². The quantitative estimate of drug-likeness (QED) is 0.499. The SMILES string of the molecule is CCCCCCNC(=O)C1CCCN(CC(=O)Nc2ccnn2Cc2ccccc2Cl)C1. The Labute approximate surface area is 195 Å². The summed E-state index contributed by atoms with van der Waals surface area (Å²) in [5.74, 6) is 0.595. The van der Waals surface area contributed by atoms with Crippen LogP contribution in [0, 0.1) is 5.92 Å². The van der Waals surface area contributed by atoms with Crippen LogP contribution in [0.5, 0.6) is 0 Å². The van der Waals surface area contributed by atoms with Crippen molar-refractivity contribution in [3.8, 4) is 0 Å². The number of halogens is 1. The summed E-state index contributed by atoms with van der Waals surface area (Å²) in [5.41, 5.74) is 0.938. The van der Waals surface area contributed by atoms with Gasteiger partial charge in [0.05, 0.1) is 25.2 Å². The van der Waals surface area contributed by atoms with Crippen LogP contribution in [0.4, 0.5) is 5.82 Å². The van der Waals surface area contributed by atoms with Gasteiger partial charge in [-0.25, -0.2) is 4.68 Å². The van der Waals surface area contributed by atoms with Crippen molar-refractivity contribution < 1.29 is 9.59 Å². The maximum absolute atomic E-state index is 12.7. The topological polar surface area (TPSA) is 79.3 Å². The standard InChI is InChI=1S/C24H34ClN5O2/c1-2-3-4-7-13-26-24(32)20-10-8-15-29(16-20)18-23(31)28-22-12-14-27-30(22)17-19-9-5-6-11-21(19)25/h5-6,9,11-12,14,20H,2-4,7-8,10,13,15-18H2,1H3,(H,26,32)(H,28,31). The normalized spacial score (nSPS) is 16.6. The molecule has 1 aliphatic heterocycles. The molecule has 32 heavy (non-hydrogen) atoms. The van der Waals surface area contributed by atoms with E-state index in [2.05, 4.69) is 27.6 Å². The Hall–Kier alpha value is -2.38. The van der Waals surface area contributed by atoms with Gasteiger partial charge in [0.25, 0.3) is 0 Å². The van der Waals surface area contributed by atoms with Crippen LogP contribution in [-0.2, 0) is 16.1 Å². The Morgan fingerprint density at radius 2 is 2.03 bits per heavy atom. The molecule has 0 aliphatic carbocycles. The number of piperidine rings is 1. The number of carbonyl (C=O) groups excluding carboxylic acids is 2. The number of unbranched alkanes of at least 4 members (excludes halogenated alkanes) is 3. The molecule has 2 heterocycles. The molecule has 0 radical (unpaired) electrons. The highest BCUT2D eigenvalue weighted by Gasteiger charge is 2.26. The molecule has 3 rings (SSSR count). The van der Waals surface area contributed by atoms with Crippen molar-refractivity contribution in [1.29, 1.82) is 0 Å². The van der Waals surface area contributed by atoms with E-state index < -0.39 is 0 Å². The fraction of sp³-hybridized carbons (Fsp3) is 0.542. The third-order valence-electron chi connectivity index (χ3n) is 5.84. The lowest BCUT2D eigenvalue weighted by Crippen LogP contribution is -2.45. The van der Waals surface area contributed by atoms with Crippen molar-refractivity contribution in [2.45, 2.75) is 52.0 Å². The van der Waals surface area contributed by atoms with Crippen LogP contribution in [0.1, 0.15) is 51.0 Å². The highest BCUT2D eigenvalue weighted by Crippen LogP contribution is 2.19. The summed E-state index contributed by atoms with van der Waals surface area (Å²) in [4.78, 5) is 27.2. The Morgan fingerprint density at radius 1 is 1.19 bits per heavy atom. The molecule has 0 bridgehead atoms. The number of likely N-dealkylation sites (tertiary alicyclic amines) is 1. The molecular weight excluding hydrogens is 426 g/mol. The summed E-state index contributed by atoms with van der Waals surface area (Å²) in [7, 11) is 0. The molecule has 1 saturated heterocycles. The number of amides is 2. The van der Waals surface area contributed by atoms with Crippen molar-refractivity contribution in [3.63, 3.8) is 0 Å². The van der Waals surface area contributed by atoms with E-state index in [-0.39, 0.29) is 24.3 Å². The largest absolute Gasteiger partial charge is 0.356 e. The van der Waals surface area contributed by atoms with Crippen LogP contribution in [0.3, 0.4) is 0 Å². The maximum Gasteiger partial charge on any atom is 0.239 e. The van der Waals surface area contributed by atoms with Crippen LogP contribution >= 0.6 is 11.6 Å². The summed E-state index contributed by atoms with van der Waals surface area (Å²) < 4.78 is 1.73. The van der Waals surface area contributed by atoms with Crippen LogP contribution in [0.25, 0.3) is 0 Å². The number of benzene rings is 1. The van der Waals surface area contributed by atoms with Crippen LogP contribution in [0.2, 0.25) is 5.02 Å². The average molecular weight is 460 g/mol. The molecule has 1 aromatic heterocycles. The molecule has 174 valence electrons. The minimum absolute atomic E-state index is 0.0477. The van der Waals surface area contributed by atoms with Crippen molar-refractivity contribution in [2.75, 3.05) is 31.5 Å². The van der Waals surface area contributed by atoms with Gasteiger partial charge in [-0.3, -0.25) is 14.5 Å². The van der Waals surface area contributed by atoms with Crippen molar-refractivity contribution in [3.05, 3.63) is 47.1 Å². The number of nitrogens with zero attached hydrogens (tertiary/aromatic N) is 3. The van der Waals surface area contributed by atoms with Crippen LogP contribution in [-0.4, -0.2) is 52.7 Å². The zero-order valence-electron chi connectivity index (χ0n) is 18.9. The molecule has 2 amide bonds. The molecule has 0 spiro atoms. The van der Waals surface area contributed by atoms with Crippen molar-refractivity contribution in [2.24, 2.45) is 5.92 Å². The highest BCUT2D eigenvalue weighted by molar-refractivity contribution is 6.31. The first-order valence-corrected chi connectivity index (χ1v) is 12.0. The molecule has 1 unspecified atom stereocenters. The fourth-order valence-electron chi connectivity index (χ4n) is 4.06. The van der Waals surface area contributed by atoms with Crippen molar-refractivity contribution in [1.82, 2.24) is 20.0 Å². The number of hydrogen-bond donors (Lipinski definition) is 2. The lowest BCUT2D eigenvalue weighted by atomic mass is 9.97. The number of nitrogens with one attached hydrogen (secondary N) is 2. The van der Waals surface area contributed by atoms with Gasteiger partial charge in [-0.1, -0.05) is 56.0 Å². The predicted molar refractivity (Wildman–Crippen MR) is 128 cm³/mol. The summed E-state index contributed by atoms with van der Waals surface area (Å²) >= 11 is 6.25. The van der Waals surface area contributed by atoms with E-state index in [0.29, 0.717) is 23.9 Å². The summed E-state index contributed by atoms with van der Waals surface area (Å²) in [6.07, 6.45) is 8.04. The number of anilines is 1. The lowest BCUT2D eigenvalue weighted by Gasteiger charge is -2.31. The lowest BCUT2D eigenvalue weighted by molar-refractivity contribution is -0.128. The van der Waals surface area contributed by atoms with Gasteiger partial charge in [-0.2, -0.15) is 5.10 Å². The minimum atomic E-state index is -0.105. The Kier molecular flexibility index (Phi) is 9.56. The monoisotopic (exact) mass is 459 g/mol. The molecule has 8 heteroatoms. The van der Waals surface area contributed by atoms with Gasteiger partial charge in [0.2, 0.25) is 11.8 Å². The van der Waals surface area contributed by atoms with Crippen LogP contribution in [0.15, 0.2) is 36.5 Å². The molecule has 1 aliphatic rings. The predicted octanol–water partition coefficient (Wildman–Crippen LogP) is 3.93. The maximum atomic E-state index is 12.7. The molecule has 1 atom stereocenters. The second-order valence-corrected chi connectivity index (χ2v) is 8.85. The second kappa shape index (κ2) is 12.6. The fourth-order valence-corrected chi connectivity index (χ4v) is 4.25. The van der Waals surface area contributed by atoms with E-state index in [1.54, 1.807) is 16.9 Å². The zero-order valence-corrected chi connectivity index (χ0v) is 19.6. The van der Waals surface area contributed by atoms with E-state index in [0.717, 1.165) is 44.3 Å². The third-order valence-corrected chi connectivity index (χ3v) is 6.20. The smallest absolute Gasteiger partial charge is 0.239 e. The van der Waals surface area contributed by atoms with Gasteiger partial charge < -0.3 is 10.6 Å². The van der Waals surface area contributed by atoms with E-state index in [1.165, 1.54) is 12.8 Å². The number of carbonyl (C=O) groups is 2. The number of aromatic nitrogens is 2. The molecule has 2 aromatic rings. The highest BCUT2D eigenvalue weighted by atomic mass is 35.5. The first kappa shape index (κ1) is 24.3. The van der Waals surface area contributed by atoms with E-state index in [1.807, 2.05) is 24.3 Å². The van der Waals surface area contributed by atoms with Gasteiger partial charge in [0.1, 0.15) is 5.82 Å². The van der Waals surface area contributed by atoms with Gasteiger partial charge in [-0.15, -0.1) is 0 Å². The Bertz CT molecular complexity index is 885. The van der Waals surface area contributed by atoms with Gasteiger partial charge in [-0.05, 0) is 37.4 Å². The Balaban J connectivity index is 1.46. The first-order chi connectivity index (χ1) is 15.6. The number of rotatable bonds is 11. The molecule has 1 aromatic carbocycles. The molecule has 1 fully saturated rings. The van der Waals surface area contributed by atoms with Crippen molar-refractivity contribution >= 4 is 29.2 Å². The molecule has 7 nitrogen and oxygen atoms in total. The molecular formula is C24H34ClN5O2. The third kappa shape index (κ3) is 7.35. The van der Waals surface area contributed by atoms with E-state index >= 15 is 0 Å². The van der Waals surface area contributed by atoms with Gasteiger partial charge >= 0.3 is 0 Å². The second-order valence-electron chi connectivity index (χ2n) is 8.44. The van der Waals surface area contributed by atoms with Gasteiger partial charge in [0, 0.05) is 24.2 Å². The van der Waals surface area contributed by atoms with E-state index in [9.17, 15) is 9.59 Å². The Morgan fingerprint density at radius 3 is 2.84 bits per heavy atom. The number of hydrogen-bond acceptors (Lipinski definition) is 4.